The SMILES string of the molecule is Cc1cccc(OCCCN2C(=O)COc3ccc(NC(=O)Nc4ccc(Cl)cc4)cc32)c1. The fourth-order valence-electron chi connectivity index (χ4n) is 3.47. The number of hydrogen-bond acceptors (Lipinski definition) is 4. The van der Waals surface area contributed by atoms with Crippen LogP contribution in [0.2, 0.25) is 5.02 Å². The molecule has 4 rings (SSSR count). The Balaban J connectivity index is 1.38. The number of rotatable bonds is 7. The molecule has 7 nitrogen and oxygen atoms in total. The van der Waals surface area contributed by atoms with Gasteiger partial charge in [-0.05, 0) is 73.5 Å². The van der Waals surface area contributed by atoms with Crippen LogP contribution in [0.4, 0.5) is 21.9 Å². The smallest absolute Gasteiger partial charge is 0.323 e. The summed E-state index contributed by atoms with van der Waals surface area (Å²) in [6.45, 7) is 2.94. The Morgan fingerprint density at radius 2 is 1.82 bits per heavy atom. The average molecular weight is 466 g/mol. The summed E-state index contributed by atoms with van der Waals surface area (Å²) >= 11 is 5.87. The van der Waals surface area contributed by atoms with E-state index in [1.807, 2.05) is 31.2 Å². The van der Waals surface area contributed by atoms with Crippen LogP contribution in [0.15, 0.2) is 66.7 Å². The first-order valence-electron chi connectivity index (χ1n) is 10.6. The summed E-state index contributed by atoms with van der Waals surface area (Å²) in [7, 11) is 0. The molecule has 0 unspecified atom stereocenters. The van der Waals surface area contributed by atoms with Gasteiger partial charge in [0.15, 0.2) is 6.61 Å². The Labute approximate surface area is 197 Å². The van der Waals surface area contributed by atoms with Crippen molar-refractivity contribution in [2.45, 2.75) is 13.3 Å². The number of anilines is 3. The van der Waals surface area contributed by atoms with Gasteiger partial charge in [0.2, 0.25) is 0 Å². The first-order chi connectivity index (χ1) is 16.0. The summed E-state index contributed by atoms with van der Waals surface area (Å²) in [6.07, 6.45) is 0.647. The molecule has 0 saturated carbocycles. The van der Waals surface area contributed by atoms with E-state index in [9.17, 15) is 9.59 Å². The van der Waals surface area contributed by atoms with E-state index in [1.54, 1.807) is 47.4 Å². The number of fused-ring (bicyclic) bond motifs is 1. The number of benzene rings is 3. The van der Waals surface area contributed by atoms with Crippen molar-refractivity contribution in [3.8, 4) is 11.5 Å². The van der Waals surface area contributed by atoms with Crippen molar-refractivity contribution in [1.82, 2.24) is 0 Å². The van der Waals surface area contributed by atoms with Gasteiger partial charge in [-0.2, -0.15) is 0 Å². The highest BCUT2D eigenvalue weighted by atomic mass is 35.5. The van der Waals surface area contributed by atoms with Gasteiger partial charge < -0.3 is 25.0 Å². The standard InChI is InChI=1S/C25H24ClN3O4/c1-17-4-2-5-21(14-17)32-13-3-12-29-22-15-20(10-11-23(22)33-16-24(29)30)28-25(31)27-19-8-6-18(26)7-9-19/h2,4-11,14-15H,3,12-13,16H2,1H3,(H2,27,28,31). The number of hydrogen-bond donors (Lipinski definition) is 2. The highest BCUT2D eigenvalue weighted by Crippen LogP contribution is 2.34. The van der Waals surface area contributed by atoms with E-state index >= 15 is 0 Å². The van der Waals surface area contributed by atoms with Crippen LogP contribution in [0.3, 0.4) is 0 Å². The molecule has 8 heteroatoms. The molecule has 3 aromatic carbocycles. The van der Waals surface area contributed by atoms with Crippen LogP contribution < -0.4 is 25.0 Å². The molecule has 3 amide bonds. The third-order valence-electron chi connectivity index (χ3n) is 5.05. The second-order valence-electron chi connectivity index (χ2n) is 7.62. The third kappa shape index (κ3) is 5.96. The zero-order chi connectivity index (χ0) is 23.2. The Hall–Kier alpha value is -3.71. The maximum atomic E-state index is 12.5. The highest BCUT2D eigenvalue weighted by Gasteiger charge is 2.25. The molecular formula is C25H24ClN3O4. The molecule has 3 aromatic rings. The lowest BCUT2D eigenvalue weighted by Gasteiger charge is -2.30. The number of carbonyl (C=O) groups is 2. The minimum Gasteiger partial charge on any atom is -0.494 e. The Bertz CT molecular complexity index is 1150. The molecule has 0 radical (unpaired) electrons. The molecule has 0 aliphatic carbocycles. The van der Waals surface area contributed by atoms with Gasteiger partial charge in [0, 0.05) is 22.9 Å². The molecule has 0 aromatic heterocycles. The summed E-state index contributed by atoms with van der Waals surface area (Å²) < 4.78 is 11.4. The van der Waals surface area contributed by atoms with Gasteiger partial charge in [-0.25, -0.2) is 4.79 Å². The van der Waals surface area contributed by atoms with Crippen molar-refractivity contribution in [2.24, 2.45) is 0 Å². The molecular weight excluding hydrogens is 442 g/mol. The summed E-state index contributed by atoms with van der Waals surface area (Å²) in [6, 6.07) is 19.5. The molecule has 0 spiro atoms. The van der Waals surface area contributed by atoms with Crippen molar-refractivity contribution < 1.29 is 19.1 Å². The monoisotopic (exact) mass is 465 g/mol. The molecule has 2 N–H and O–H groups in total. The lowest BCUT2D eigenvalue weighted by molar-refractivity contribution is -0.121. The van der Waals surface area contributed by atoms with Crippen molar-refractivity contribution in [3.63, 3.8) is 0 Å². The number of urea groups is 1. The van der Waals surface area contributed by atoms with Gasteiger partial charge in [-0.1, -0.05) is 23.7 Å². The van der Waals surface area contributed by atoms with Crippen molar-refractivity contribution >= 4 is 40.6 Å². The average Bonchev–Trinajstić information content (AvgIpc) is 2.79. The zero-order valence-corrected chi connectivity index (χ0v) is 18.9. The van der Waals surface area contributed by atoms with Gasteiger partial charge in [-0.3, -0.25) is 4.79 Å². The van der Waals surface area contributed by atoms with Crippen LogP contribution in [0.1, 0.15) is 12.0 Å². The Morgan fingerprint density at radius 1 is 1.06 bits per heavy atom. The Morgan fingerprint density at radius 3 is 2.61 bits per heavy atom. The van der Waals surface area contributed by atoms with E-state index in [4.69, 9.17) is 21.1 Å². The van der Waals surface area contributed by atoms with E-state index < -0.39 is 6.03 Å². The number of amides is 3. The number of ether oxygens (including phenoxy) is 2. The minimum atomic E-state index is -0.404. The van der Waals surface area contributed by atoms with Crippen LogP contribution in [0, 0.1) is 6.92 Å². The quantitative estimate of drug-likeness (QED) is 0.452. The van der Waals surface area contributed by atoms with Gasteiger partial charge in [-0.15, -0.1) is 0 Å². The lowest BCUT2D eigenvalue weighted by atomic mass is 10.2. The lowest BCUT2D eigenvalue weighted by Crippen LogP contribution is -2.39. The molecule has 1 aliphatic rings. The van der Waals surface area contributed by atoms with Crippen molar-refractivity contribution in [3.05, 3.63) is 77.3 Å². The van der Waals surface area contributed by atoms with Gasteiger partial charge in [0.25, 0.3) is 5.91 Å². The van der Waals surface area contributed by atoms with E-state index in [0.29, 0.717) is 47.4 Å². The predicted molar refractivity (Wildman–Crippen MR) is 130 cm³/mol. The number of nitrogens with one attached hydrogen (secondary N) is 2. The maximum Gasteiger partial charge on any atom is 0.323 e. The molecule has 1 aliphatic heterocycles. The normalized spacial score (nSPS) is 12.5. The first kappa shape index (κ1) is 22.5. The van der Waals surface area contributed by atoms with Crippen LogP contribution in [-0.4, -0.2) is 31.7 Å². The highest BCUT2D eigenvalue weighted by molar-refractivity contribution is 6.30. The topological polar surface area (TPSA) is 79.9 Å². The fourth-order valence-corrected chi connectivity index (χ4v) is 3.60. The Kier molecular flexibility index (Phi) is 7.00. The first-order valence-corrected chi connectivity index (χ1v) is 11.0. The second-order valence-corrected chi connectivity index (χ2v) is 8.06. The molecule has 0 fully saturated rings. The molecule has 33 heavy (non-hydrogen) atoms. The zero-order valence-electron chi connectivity index (χ0n) is 18.1. The molecule has 0 atom stereocenters. The maximum absolute atomic E-state index is 12.5. The van der Waals surface area contributed by atoms with Crippen LogP contribution in [-0.2, 0) is 4.79 Å². The summed E-state index contributed by atoms with van der Waals surface area (Å²) in [5.74, 6) is 1.26. The van der Waals surface area contributed by atoms with Crippen LogP contribution >= 0.6 is 11.6 Å². The molecule has 1 heterocycles. The van der Waals surface area contributed by atoms with Gasteiger partial charge in [0.1, 0.15) is 11.5 Å². The summed E-state index contributed by atoms with van der Waals surface area (Å²) in [4.78, 5) is 26.6. The molecule has 0 bridgehead atoms. The number of nitrogens with zero attached hydrogens (tertiary/aromatic N) is 1. The van der Waals surface area contributed by atoms with E-state index in [0.717, 1.165) is 11.3 Å². The summed E-state index contributed by atoms with van der Waals surface area (Å²) in [5, 5.41) is 6.11. The van der Waals surface area contributed by atoms with Crippen molar-refractivity contribution in [1.29, 1.82) is 0 Å². The summed E-state index contributed by atoms with van der Waals surface area (Å²) in [5.41, 5.74) is 2.90. The number of aryl methyl sites for hydroxylation is 1. The number of halogens is 1. The molecule has 0 saturated heterocycles. The largest absolute Gasteiger partial charge is 0.494 e. The number of carbonyl (C=O) groups excluding carboxylic acids is 2. The predicted octanol–water partition coefficient (Wildman–Crippen LogP) is 5.49. The van der Waals surface area contributed by atoms with Gasteiger partial charge in [0.05, 0.1) is 12.3 Å². The van der Waals surface area contributed by atoms with Crippen LogP contribution in [0.5, 0.6) is 11.5 Å². The third-order valence-corrected chi connectivity index (χ3v) is 5.30. The minimum absolute atomic E-state index is 0.0183. The van der Waals surface area contributed by atoms with Crippen molar-refractivity contribution in [2.75, 3.05) is 35.3 Å². The molecule has 170 valence electrons. The second kappa shape index (κ2) is 10.3. The fraction of sp³-hybridized carbons (Fsp3) is 0.200. The van der Waals surface area contributed by atoms with E-state index in [1.165, 1.54) is 0 Å². The van der Waals surface area contributed by atoms with Crippen LogP contribution in [0.25, 0.3) is 0 Å². The van der Waals surface area contributed by atoms with Gasteiger partial charge >= 0.3 is 6.03 Å². The van der Waals surface area contributed by atoms with E-state index in [2.05, 4.69) is 10.6 Å². The van der Waals surface area contributed by atoms with E-state index in [-0.39, 0.29) is 12.5 Å².